The largest absolute Gasteiger partial charge is 0.452 e. The number of benzene rings is 2. The van der Waals surface area contributed by atoms with E-state index in [9.17, 15) is 26.8 Å². The molecule has 2 aromatic rings. The third kappa shape index (κ3) is 5.57. The van der Waals surface area contributed by atoms with E-state index in [1.54, 1.807) is 0 Å². The number of anilines is 1. The molecule has 2 aromatic carbocycles. The molecule has 1 fully saturated rings. The third-order valence-corrected chi connectivity index (χ3v) is 6.87. The molecule has 166 valence electrons. The molecule has 0 unspecified atom stereocenters. The van der Waals surface area contributed by atoms with E-state index >= 15 is 0 Å². The van der Waals surface area contributed by atoms with E-state index in [0.29, 0.717) is 19.2 Å². The van der Waals surface area contributed by atoms with E-state index in [4.69, 9.17) is 16.3 Å². The minimum Gasteiger partial charge on any atom is -0.452 e. The lowest BCUT2D eigenvalue weighted by Gasteiger charge is -2.26. The van der Waals surface area contributed by atoms with Gasteiger partial charge in [-0.25, -0.2) is 22.0 Å². The number of amides is 1. The first-order valence-corrected chi connectivity index (χ1v) is 11.2. The van der Waals surface area contributed by atoms with Crippen molar-refractivity contribution >= 4 is 39.2 Å². The maximum Gasteiger partial charge on any atom is 0.340 e. The highest BCUT2D eigenvalue weighted by Crippen LogP contribution is 2.25. The number of halogens is 3. The van der Waals surface area contributed by atoms with E-state index in [0.717, 1.165) is 37.5 Å². The molecule has 3 rings (SSSR count). The first kappa shape index (κ1) is 23.1. The van der Waals surface area contributed by atoms with Crippen molar-refractivity contribution in [3.8, 4) is 0 Å². The van der Waals surface area contributed by atoms with Crippen molar-refractivity contribution in [3.63, 3.8) is 0 Å². The van der Waals surface area contributed by atoms with Gasteiger partial charge in [0.25, 0.3) is 5.91 Å². The molecule has 0 bridgehead atoms. The van der Waals surface area contributed by atoms with E-state index in [2.05, 4.69) is 5.32 Å². The quantitative estimate of drug-likeness (QED) is 0.648. The van der Waals surface area contributed by atoms with Crippen molar-refractivity contribution in [3.05, 3.63) is 58.6 Å². The number of carbonyl (C=O) groups is 2. The molecular weight excluding hydrogens is 454 g/mol. The van der Waals surface area contributed by atoms with Gasteiger partial charge in [-0.15, -0.1) is 0 Å². The van der Waals surface area contributed by atoms with E-state index in [-0.39, 0.29) is 21.2 Å². The first-order valence-electron chi connectivity index (χ1n) is 9.40. The number of rotatable bonds is 6. The Hall–Kier alpha value is -2.56. The number of ether oxygens (including phenoxy) is 1. The minimum atomic E-state index is -3.80. The average molecular weight is 473 g/mol. The van der Waals surface area contributed by atoms with Crippen LogP contribution in [-0.4, -0.2) is 44.3 Å². The summed E-state index contributed by atoms with van der Waals surface area (Å²) >= 11 is 6.01. The summed E-state index contributed by atoms with van der Waals surface area (Å²) in [4.78, 5) is 24.2. The van der Waals surface area contributed by atoms with Crippen molar-refractivity contribution in [2.75, 3.05) is 25.0 Å². The van der Waals surface area contributed by atoms with Gasteiger partial charge in [0.2, 0.25) is 10.0 Å². The highest BCUT2D eigenvalue weighted by atomic mass is 35.5. The van der Waals surface area contributed by atoms with Crippen LogP contribution in [0.25, 0.3) is 0 Å². The van der Waals surface area contributed by atoms with Crippen LogP contribution in [0.3, 0.4) is 0 Å². The summed E-state index contributed by atoms with van der Waals surface area (Å²) in [5.74, 6) is -3.68. The van der Waals surface area contributed by atoms with Gasteiger partial charge in [-0.2, -0.15) is 4.31 Å². The molecular formula is C20H19ClF2N2O5S. The lowest BCUT2D eigenvalue weighted by Crippen LogP contribution is -2.35. The SMILES string of the molecule is O=C(COC(=O)c1cc(S(=O)(=O)N2CCCCC2)ccc1Cl)Nc1ccc(F)cc1F. The van der Waals surface area contributed by atoms with Crippen molar-refractivity contribution < 1.29 is 31.5 Å². The zero-order valence-electron chi connectivity index (χ0n) is 16.2. The van der Waals surface area contributed by atoms with Crippen LogP contribution in [0.2, 0.25) is 5.02 Å². The molecule has 1 aliphatic heterocycles. The zero-order chi connectivity index (χ0) is 22.6. The second-order valence-electron chi connectivity index (χ2n) is 6.85. The van der Waals surface area contributed by atoms with Gasteiger partial charge in [0.05, 0.1) is 21.2 Å². The molecule has 31 heavy (non-hydrogen) atoms. The lowest BCUT2D eigenvalue weighted by molar-refractivity contribution is -0.119. The van der Waals surface area contributed by atoms with Gasteiger partial charge in [-0.3, -0.25) is 4.79 Å². The number of hydrogen-bond donors (Lipinski definition) is 1. The van der Waals surface area contributed by atoms with Gasteiger partial charge in [-0.1, -0.05) is 18.0 Å². The van der Waals surface area contributed by atoms with E-state index in [1.807, 2.05) is 0 Å². The van der Waals surface area contributed by atoms with Crippen molar-refractivity contribution in [2.24, 2.45) is 0 Å². The lowest BCUT2D eigenvalue weighted by atomic mass is 10.2. The average Bonchev–Trinajstić information content (AvgIpc) is 2.75. The summed E-state index contributed by atoms with van der Waals surface area (Å²) in [6, 6.07) is 6.24. The van der Waals surface area contributed by atoms with Crippen LogP contribution in [0.15, 0.2) is 41.3 Å². The fraction of sp³-hybridized carbons (Fsp3) is 0.300. The van der Waals surface area contributed by atoms with Gasteiger partial charge in [0, 0.05) is 19.2 Å². The number of nitrogens with zero attached hydrogens (tertiary/aromatic N) is 1. The van der Waals surface area contributed by atoms with Gasteiger partial charge in [-0.05, 0) is 43.2 Å². The zero-order valence-corrected chi connectivity index (χ0v) is 17.8. The third-order valence-electron chi connectivity index (χ3n) is 4.65. The molecule has 0 saturated carbocycles. The molecule has 1 heterocycles. The molecule has 0 aromatic heterocycles. The van der Waals surface area contributed by atoms with Crippen LogP contribution in [0.1, 0.15) is 29.6 Å². The Bertz CT molecular complexity index is 1100. The first-order chi connectivity index (χ1) is 14.7. The molecule has 11 heteroatoms. The fourth-order valence-corrected chi connectivity index (χ4v) is 4.80. The van der Waals surface area contributed by atoms with Crippen LogP contribution in [-0.2, 0) is 19.6 Å². The molecule has 0 aliphatic carbocycles. The minimum absolute atomic E-state index is 0.0485. The molecule has 1 aliphatic rings. The van der Waals surface area contributed by atoms with Crippen LogP contribution < -0.4 is 5.32 Å². The van der Waals surface area contributed by atoms with Crippen molar-refractivity contribution in [1.29, 1.82) is 0 Å². The Kier molecular flexibility index (Phi) is 7.24. The van der Waals surface area contributed by atoms with Crippen molar-refractivity contribution in [1.82, 2.24) is 4.31 Å². The predicted molar refractivity (Wildman–Crippen MR) is 109 cm³/mol. The van der Waals surface area contributed by atoms with E-state index in [1.165, 1.54) is 16.4 Å². The Morgan fingerprint density at radius 3 is 2.45 bits per heavy atom. The maximum atomic E-state index is 13.6. The van der Waals surface area contributed by atoms with Gasteiger partial charge in [0.15, 0.2) is 6.61 Å². The Morgan fingerprint density at radius 1 is 1.06 bits per heavy atom. The molecule has 7 nitrogen and oxygen atoms in total. The number of piperidine rings is 1. The predicted octanol–water partition coefficient (Wildman–Crippen LogP) is 3.59. The highest BCUT2D eigenvalue weighted by molar-refractivity contribution is 7.89. The monoisotopic (exact) mass is 472 g/mol. The van der Waals surface area contributed by atoms with Gasteiger partial charge in [0.1, 0.15) is 11.6 Å². The molecule has 1 saturated heterocycles. The van der Waals surface area contributed by atoms with Gasteiger partial charge < -0.3 is 10.1 Å². The van der Waals surface area contributed by atoms with Crippen LogP contribution in [0.5, 0.6) is 0 Å². The summed E-state index contributed by atoms with van der Waals surface area (Å²) in [6.07, 6.45) is 2.46. The summed E-state index contributed by atoms with van der Waals surface area (Å²) in [7, 11) is -3.80. The van der Waals surface area contributed by atoms with Crippen LogP contribution in [0.4, 0.5) is 14.5 Å². The number of hydrogen-bond acceptors (Lipinski definition) is 5. The molecule has 0 radical (unpaired) electrons. The van der Waals surface area contributed by atoms with E-state index < -0.39 is 40.1 Å². The Balaban J connectivity index is 1.68. The summed E-state index contributed by atoms with van der Waals surface area (Å²) in [5, 5.41) is 2.10. The fourth-order valence-electron chi connectivity index (χ4n) is 3.06. The second kappa shape index (κ2) is 9.71. The van der Waals surface area contributed by atoms with Crippen LogP contribution >= 0.6 is 11.6 Å². The number of carbonyl (C=O) groups excluding carboxylic acids is 2. The number of sulfonamides is 1. The maximum absolute atomic E-state index is 13.6. The normalized spacial score (nSPS) is 14.8. The molecule has 1 amide bonds. The van der Waals surface area contributed by atoms with Crippen LogP contribution in [0, 0.1) is 11.6 Å². The summed E-state index contributed by atoms with van der Waals surface area (Å²) in [6.45, 7) is 0.00476. The molecule has 0 spiro atoms. The van der Waals surface area contributed by atoms with Crippen molar-refractivity contribution in [2.45, 2.75) is 24.2 Å². The summed E-state index contributed by atoms with van der Waals surface area (Å²) < 4.78 is 58.3. The topological polar surface area (TPSA) is 92.8 Å². The standard InChI is InChI=1S/C20H19ClF2N2O5S/c21-16-6-5-14(31(28,29)25-8-2-1-3-9-25)11-15(16)20(27)30-12-19(26)24-18-7-4-13(22)10-17(18)23/h4-7,10-11H,1-3,8-9,12H2,(H,24,26). The summed E-state index contributed by atoms with van der Waals surface area (Å²) in [5.41, 5.74) is -0.504. The van der Waals surface area contributed by atoms with Gasteiger partial charge >= 0.3 is 5.97 Å². The second-order valence-corrected chi connectivity index (χ2v) is 9.20. The molecule has 0 atom stereocenters. The number of esters is 1. The highest BCUT2D eigenvalue weighted by Gasteiger charge is 2.27. The Labute approximate surface area is 183 Å². The molecule has 1 N–H and O–H groups in total. The number of nitrogens with one attached hydrogen (secondary N) is 1. The Morgan fingerprint density at radius 2 is 1.77 bits per heavy atom. The smallest absolute Gasteiger partial charge is 0.340 e.